The standard InChI is InChI=1S/C3H5NO2S3/c5-3(6)2(1-7)4(8)9/h2,7H,1H2,(H,5,6). The van der Waals surface area contributed by atoms with Crippen molar-refractivity contribution in [1.82, 2.24) is 0 Å². The van der Waals surface area contributed by atoms with Gasteiger partial charge in [-0.2, -0.15) is 12.6 Å². The lowest BCUT2D eigenvalue weighted by molar-refractivity contribution is -0.348. The van der Waals surface area contributed by atoms with Crippen molar-refractivity contribution in [3.63, 3.8) is 0 Å². The highest BCUT2D eigenvalue weighted by molar-refractivity contribution is 7.80. The Morgan fingerprint density at radius 3 is 2.44 bits per heavy atom. The van der Waals surface area contributed by atoms with Crippen LogP contribution in [0.5, 0.6) is 0 Å². The summed E-state index contributed by atoms with van der Waals surface area (Å²) in [4.78, 5) is 10.1. The first-order valence-electron chi connectivity index (χ1n) is 2.06. The molecule has 3 nitrogen and oxygen atoms in total. The third-order valence-corrected chi connectivity index (χ3v) is 1.57. The number of rotatable bonds is 3. The van der Waals surface area contributed by atoms with Crippen LogP contribution in [0.4, 0.5) is 0 Å². The summed E-state index contributed by atoms with van der Waals surface area (Å²) in [7, 11) is 0. The topological polar surface area (TPSA) is 40.3 Å². The second kappa shape index (κ2) is 3.97. The zero-order valence-corrected chi connectivity index (χ0v) is 6.88. The molecule has 0 fully saturated rings. The number of carboxylic acids is 1. The van der Waals surface area contributed by atoms with Crippen LogP contribution in [0.25, 0.3) is 0 Å². The molecule has 0 rings (SSSR count). The van der Waals surface area contributed by atoms with E-state index < -0.39 is 12.0 Å². The van der Waals surface area contributed by atoms with E-state index >= 15 is 0 Å². The van der Waals surface area contributed by atoms with Gasteiger partial charge in [0.1, 0.15) is 0 Å². The number of thiol groups is 1. The summed E-state index contributed by atoms with van der Waals surface area (Å²) in [5.74, 6) is -0.891. The lowest BCUT2D eigenvalue weighted by Gasteiger charge is -2.03. The van der Waals surface area contributed by atoms with Gasteiger partial charge in [-0.25, -0.2) is 8.15 Å². The molecule has 0 aromatic heterocycles. The van der Waals surface area contributed by atoms with Crippen molar-refractivity contribution in [2.45, 2.75) is 6.04 Å². The summed E-state index contributed by atoms with van der Waals surface area (Å²) in [5.41, 5.74) is 0. The summed E-state index contributed by atoms with van der Waals surface area (Å²) in [6, 6.07) is -0.835. The molecule has 9 heavy (non-hydrogen) atoms. The third-order valence-electron chi connectivity index (χ3n) is 0.712. The molecule has 6 heteroatoms. The van der Waals surface area contributed by atoms with Crippen molar-refractivity contribution in [1.29, 1.82) is 0 Å². The Kier molecular flexibility index (Phi) is 4.00. The Labute approximate surface area is 69.2 Å². The zero-order chi connectivity index (χ0) is 7.44. The predicted octanol–water partition coefficient (Wildman–Crippen LogP) is -0.426. The minimum atomic E-state index is -1.03. The molecule has 1 N–H and O–H groups in total. The molecule has 1 unspecified atom stereocenters. The average molecular weight is 183 g/mol. The van der Waals surface area contributed by atoms with Crippen molar-refractivity contribution in [2.24, 2.45) is 0 Å². The van der Waals surface area contributed by atoms with Gasteiger partial charge in [-0.05, 0) is 0 Å². The molecule has 0 heterocycles. The van der Waals surface area contributed by atoms with Crippen LogP contribution in [0.1, 0.15) is 0 Å². The molecule has 0 spiro atoms. The highest BCUT2D eigenvalue weighted by Gasteiger charge is 2.20. The molecular weight excluding hydrogens is 178 g/mol. The summed E-state index contributed by atoms with van der Waals surface area (Å²) >= 11 is 12.5. The van der Waals surface area contributed by atoms with E-state index in [1.807, 2.05) is 0 Å². The van der Waals surface area contributed by atoms with Crippen LogP contribution in [0, 0.1) is 0 Å². The Balaban J connectivity index is 3.99. The van der Waals surface area contributed by atoms with E-state index in [0.29, 0.717) is 0 Å². The summed E-state index contributed by atoms with van der Waals surface area (Å²) in [6.45, 7) is 0. The number of carboxylic acid groups (broad SMARTS) is 1. The average Bonchev–Trinajstić information content (AvgIpc) is 1.64. The van der Waals surface area contributed by atoms with Crippen LogP contribution >= 0.6 is 12.6 Å². The van der Waals surface area contributed by atoms with Gasteiger partial charge < -0.3 is 5.11 Å². The van der Waals surface area contributed by atoms with E-state index in [1.54, 1.807) is 0 Å². The first-order valence-corrected chi connectivity index (χ1v) is 3.43. The van der Waals surface area contributed by atoms with Crippen LogP contribution < -0.4 is 0 Å². The molecular formula is C3H5NO2S3. The maximum Gasteiger partial charge on any atom is 0.373 e. The lowest BCUT2D eigenvalue weighted by atomic mass is 10.4. The van der Waals surface area contributed by atoms with Crippen LogP contribution in [-0.4, -0.2) is 26.2 Å². The van der Waals surface area contributed by atoms with Gasteiger partial charge in [0.05, 0.1) is 5.75 Å². The van der Waals surface area contributed by atoms with Crippen molar-refractivity contribution >= 4 is 43.8 Å². The molecule has 0 radical (unpaired) electrons. The van der Waals surface area contributed by atoms with E-state index in [1.165, 1.54) is 0 Å². The van der Waals surface area contributed by atoms with Crippen molar-refractivity contribution < 1.29 is 13.3 Å². The fourth-order valence-corrected chi connectivity index (χ4v) is 1.10. The van der Waals surface area contributed by atoms with Crippen LogP contribution in [-0.2, 0) is 30.0 Å². The molecule has 1 atom stereocenters. The highest BCUT2D eigenvalue weighted by Crippen LogP contribution is 1.91. The largest absolute Gasteiger partial charge is 0.476 e. The molecule has 0 aliphatic rings. The molecule has 52 valence electrons. The Morgan fingerprint density at radius 2 is 2.44 bits per heavy atom. The molecule has 0 saturated carbocycles. The van der Waals surface area contributed by atoms with Gasteiger partial charge in [0, 0.05) is 0 Å². The Hall–Kier alpha value is 0.0600. The van der Waals surface area contributed by atoms with Crippen molar-refractivity contribution in [2.75, 3.05) is 5.75 Å². The highest BCUT2D eigenvalue weighted by atomic mass is 32.2. The first-order chi connectivity index (χ1) is 4.09. The summed E-state index contributed by atoms with van der Waals surface area (Å²) in [5, 5.41) is 8.32. The third kappa shape index (κ3) is 2.92. The molecule has 0 saturated heterocycles. The van der Waals surface area contributed by atoms with Crippen LogP contribution in [0.3, 0.4) is 0 Å². The maximum atomic E-state index is 10.1. The van der Waals surface area contributed by atoms with Gasteiger partial charge in [-0.1, -0.05) is 25.2 Å². The molecule has 0 aromatic carbocycles. The van der Waals surface area contributed by atoms with Gasteiger partial charge in [0.25, 0.3) is 6.04 Å². The number of hydrogen-bond acceptors (Lipinski definition) is 4. The Morgan fingerprint density at radius 1 is 2.00 bits per heavy atom. The van der Waals surface area contributed by atoms with Gasteiger partial charge >= 0.3 is 5.97 Å². The van der Waals surface area contributed by atoms with E-state index in [2.05, 4.69) is 37.9 Å². The van der Waals surface area contributed by atoms with Crippen LogP contribution in [0.2, 0.25) is 0 Å². The van der Waals surface area contributed by atoms with Gasteiger partial charge in [-0.15, -0.1) is 0 Å². The molecule has 0 aromatic rings. The fourth-order valence-electron chi connectivity index (χ4n) is 0.235. The zero-order valence-electron chi connectivity index (χ0n) is 4.35. The van der Waals surface area contributed by atoms with E-state index in [4.69, 9.17) is 5.11 Å². The monoisotopic (exact) mass is 183 g/mol. The van der Waals surface area contributed by atoms with E-state index in [9.17, 15) is 4.79 Å². The van der Waals surface area contributed by atoms with Gasteiger partial charge in [0.15, 0.2) is 0 Å². The number of carbonyl (C=O) groups is 1. The van der Waals surface area contributed by atoms with Gasteiger partial charge in [0.2, 0.25) is 0 Å². The molecule has 0 amide bonds. The summed E-state index contributed by atoms with van der Waals surface area (Å²) < 4.78 is 0.787. The lowest BCUT2D eigenvalue weighted by Crippen LogP contribution is -2.30. The predicted molar refractivity (Wildman–Crippen MR) is 40.3 cm³/mol. The molecule has 0 bridgehead atoms. The molecule has 0 aliphatic carbocycles. The maximum absolute atomic E-state index is 10.1. The molecule has 0 aliphatic heterocycles. The SMILES string of the molecule is O=C(O)C(CS)[N+](=S)[S-]. The second-order valence-electron chi connectivity index (χ2n) is 1.32. The smallest absolute Gasteiger partial charge is 0.373 e. The minimum Gasteiger partial charge on any atom is -0.476 e. The first kappa shape index (κ1) is 9.06. The van der Waals surface area contributed by atoms with E-state index in [-0.39, 0.29) is 5.75 Å². The number of nitrogens with zero attached hydrogens (tertiary/aromatic N) is 1. The Bertz CT molecular complexity index is 123. The fraction of sp³-hybridized carbons (Fsp3) is 0.667. The second-order valence-corrected chi connectivity index (χ2v) is 2.71. The van der Waals surface area contributed by atoms with Gasteiger partial charge in [-0.3, -0.25) is 0 Å². The summed E-state index contributed by atoms with van der Waals surface area (Å²) in [6.07, 6.45) is 0. The van der Waals surface area contributed by atoms with E-state index in [0.717, 1.165) is 3.35 Å². The van der Waals surface area contributed by atoms with Crippen molar-refractivity contribution in [3.05, 3.63) is 0 Å². The normalized spacial score (nSPS) is 12.6. The number of aliphatic carboxylic acids is 1. The number of hydrogen-bond donors (Lipinski definition) is 2. The minimum absolute atomic E-state index is 0.141. The van der Waals surface area contributed by atoms with Crippen LogP contribution in [0.15, 0.2) is 0 Å². The quantitative estimate of drug-likeness (QED) is 0.354. The van der Waals surface area contributed by atoms with Crippen molar-refractivity contribution in [3.8, 4) is 0 Å².